The van der Waals surface area contributed by atoms with Crippen molar-refractivity contribution in [2.45, 2.75) is 70.1 Å². The number of amides is 2. The molecule has 1 aliphatic rings. The Morgan fingerprint density at radius 1 is 1.05 bits per heavy atom. The van der Waals surface area contributed by atoms with E-state index in [0.29, 0.717) is 42.4 Å². The van der Waals surface area contributed by atoms with Crippen LogP contribution in [0.25, 0.3) is 0 Å². The Morgan fingerprint density at radius 3 is 2.36 bits per heavy atom. The summed E-state index contributed by atoms with van der Waals surface area (Å²) in [4.78, 5) is 23.3. The summed E-state index contributed by atoms with van der Waals surface area (Å²) in [5, 5.41) is 25.6. The molecule has 2 atom stereocenters. The third kappa shape index (κ3) is 10.8. The molecule has 0 aliphatic carbocycles. The predicted molar refractivity (Wildman–Crippen MR) is 162 cm³/mol. The molecule has 0 unspecified atom stereocenters. The van der Waals surface area contributed by atoms with Crippen molar-refractivity contribution < 1.29 is 47.2 Å². The number of hydrogen-bond acceptors (Lipinski definition) is 9. The molecule has 1 aliphatic heterocycles. The molecule has 2 aromatic rings. The molecule has 4 N–H and O–H groups in total. The lowest BCUT2D eigenvalue weighted by molar-refractivity contribution is 0.0525. The normalized spacial score (nSPS) is 14.3. The van der Waals surface area contributed by atoms with E-state index in [-0.39, 0.29) is 37.1 Å². The first-order valence-corrected chi connectivity index (χ1v) is 15.8. The molecular weight excluding hydrogens is 594 g/mol. The maximum atomic E-state index is 13.6. The Morgan fingerprint density at radius 2 is 1.73 bits per heavy atom. The topological polar surface area (TPSA) is 173 Å². The summed E-state index contributed by atoms with van der Waals surface area (Å²) in [5.41, 5.74) is 0.132. The van der Waals surface area contributed by atoms with Crippen LogP contribution in [0.2, 0.25) is 0 Å². The second-order valence-corrected chi connectivity index (χ2v) is 13.8. The van der Waals surface area contributed by atoms with Crippen molar-refractivity contribution in [3.63, 3.8) is 0 Å². The van der Waals surface area contributed by atoms with Crippen LogP contribution in [0.15, 0.2) is 47.4 Å². The summed E-state index contributed by atoms with van der Waals surface area (Å²) in [5.74, 6) is 1.26. The Balaban J connectivity index is 1.61. The minimum Gasteiger partial charge on any atom is -0.494 e. The van der Waals surface area contributed by atoms with E-state index in [1.54, 1.807) is 45.0 Å². The van der Waals surface area contributed by atoms with E-state index >= 15 is 0 Å². The third-order valence-corrected chi connectivity index (χ3v) is 8.18. The molecule has 0 saturated carbocycles. The molecule has 2 aromatic carbocycles. The molecule has 2 amide bonds. The van der Waals surface area contributed by atoms with Gasteiger partial charge in [-0.2, -0.15) is 4.31 Å². The molecule has 13 nitrogen and oxygen atoms in total. The summed E-state index contributed by atoms with van der Waals surface area (Å²) in [6, 6.07) is 10.2. The molecule has 244 valence electrons. The first-order valence-electron chi connectivity index (χ1n) is 14.4. The number of aliphatic hydroxyl groups excluding tert-OH is 1. The van der Waals surface area contributed by atoms with Gasteiger partial charge in [-0.1, -0.05) is 26.0 Å². The first-order chi connectivity index (χ1) is 20.6. The van der Waals surface area contributed by atoms with Gasteiger partial charge in [-0.05, 0) is 69.4 Å². The van der Waals surface area contributed by atoms with Gasteiger partial charge in [0.1, 0.15) is 11.4 Å². The lowest BCUT2D eigenvalue weighted by Crippen LogP contribution is -2.50. The molecule has 0 spiro atoms. The maximum Gasteiger partial charge on any atom is 0.407 e. The number of alkyl carbamates (subject to hydrolysis) is 1. The number of nitrogens with zero attached hydrogens (tertiary/aromatic N) is 1. The largest absolute Gasteiger partial charge is 0.494 e. The zero-order valence-electron chi connectivity index (χ0n) is 25.7. The summed E-state index contributed by atoms with van der Waals surface area (Å²) in [6.45, 7) is 9.55. The van der Waals surface area contributed by atoms with Crippen LogP contribution in [0.1, 0.15) is 46.6 Å². The summed E-state index contributed by atoms with van der Waals surface area (Å²) < 4.78 is 49.9. The molecule has 0 saturated heterocycles. The van der Waals surface area contributed by atoms with Gasteiger partial charge in [-0.3, -0.25) is 0 Å². The minimum atomic E-state index is -4.06. The number of carbonyl (C=O) groups is 2. The fourth-order valence-electron chi connectivity index (χ4n) is 4.38. The number of fused-ring (bicyclic) bond motifs is 1. The van der Waals surface area contributed by atoms with Gasteiger partial charge >= 0.3 is 12.2 Å². The van der Waals surface area contributed by atoms with Crippen molar-refractivity contribution in [2.24, 2.45) is 5.92 Å². The Kier molecular flexibility index (Phi) is 12.1. The molecule has 0 radical (unpaired) electrons. The molecule has 1 heterocycles. The number of rotatable bonds is 15. The smallest absolute Gasteiger partial charge is 0.407 e. The van der Waals surface area contributed by atoms with Crippen LogP contribution < -0.4 is 24.8 Å². The van der Waals surface area contributed by atoms with Crippen molar-refractivity contribution in [3.8, 4) is 17.2 Å². The molecule has 0 fully saturated rings. The number of nitrogens with one attached hydrogen (secondary N) is 2. The molecule has 0 bridgehead atoms. The van der Waals surface area contributed by atoms with Crippen molar-refractivity contribution in [2.75, 3.05) is 33.0 Å². The maximum absolute atomic E-state index is 13.6. The van der Waals surface area contributed by atoms with Crippen LogP contribution in [-0.4, -0.2) is 85.9 Å². The number of hydrogen-bond donors (Lipinski definition) is 4. The van der Waals surface area contributed by atoms with E-state index in [9.17, 15) is 28.2 Å². The summed E-state index contributed by atoms with van der Waals surface area (Å²) in [7, 11) is -4.06. The highest BCUT2D eigenvalue weighted by molar-refractivity contribution is 7.89. The van der Waals surface area contributed by atoms with Crippen LogP contribution in [0.5, 0.6) is 17.2 Å². The molecule has 44 heavy (non-hydrogen) atoms. The highest BCUT2D eigenvalue weighted by Gasteiger charge is 2.32. The average molecular weight is 638 g/mol. The van der Waals surface area contributed by atoms with Gasteiger partial charge in [0.2, 0.25) is 16.8 Å². The van der Waals surface area contributed by atoms with Gasteiger partial charge in [0, 0.05) is 25.7 Å². The number of ether oxygens (including phenoxy) is 4. The van der Waals surface area contributed by atoms with Crippen LogP contribution in [0, 0.1) is 5.92 Å². The molecular formula is C30H43N3O10S. The fraction of sp³-hybridized carbons (Fsp3) is 0.533. The molecule has 3 rings (SSSR count). The quantitative estimate of drug-likeness (QED) is 0.211. The summed E-state index contributed by atoms with van der Waals surface area (Å²) >= 11 is 0. The van der Waals surface area contributed by atoms with Gasteiger partial charge in [0.15, 0.2) is 11.5 Å². The number of aliphatic hydroxyl groups is 1. The van der Waals surface area contributed by atoms with Gasteiger partial charge in [0.05, 0.1) is 23.6 Å². The van der Waals surface area contributed by atoms with Crippen molar-refractivity contribution in [3.05, 3.63) is 48.0 Å². The third-order valence-electron chi connectivity index (χ3n) is 6.35. The lowest BCUT2D eigenvalue weighted by atomic mass is 10.0. The molecule has 14 heteroatoms. The highest BCUT2D eigenvalue weighted by Crippen LogP contribution is 2.35. The second kappa shape index (κ2) is 15.3. The van der Waals surface area contributed by atoms with E-state index in [1.165, 1.54) is 18.2 Å². The predicted octanol–water partition coefficient (Wildman–Crippen LogP) is 3.60. The van der Waals surface area contributed by atoms with E-state index in [1.807, 2.05) is 13.8 Å². The lowest BCUT2D eigenvalue weighted by Gasteiger charge is -2.30. The SMILES string of the molecule is CC(C)CN(C[C@@H](O)[C@H](Cc1ccc(OCCCNC(=O)OC(C)(C)C)cc1)NC(=O)O)S(=O)(=O)c1ccc2c(c1)OCO2. The van der Waals surface area contributed by atoms with Gasteiger partial charge < -0.3 is 39.8 Å². The van der Waals surface area contributed by atoms with Crippen LogP contribution in [0.4, 0.5) is 9.59 Å². The Hall–Kier alpha value is -3.75. The Labute approximate surface area is 258 Å². The van der Waals surface area contributed by atoms with Crippen LogP contribution in [0.3, 0.4) is 0 Å². The first kappa shape index (κ1) is 34.7. The zero-order valence-corrected chi connectivity index (χ0v) is 26.6. The Bertz CT molecular complexity index is 1360. The van der Waals surface area contributed by atoms with Crippen LogP contribution in [-0.2, 0) is 21.2 Å². The monoisotopic (exact) mass is 637 g/mol. The van der Waals surface area contributed by atoms with Gasteiger partial charge in [-0.25, -0.2) is 18.0 Å². The average Bonchev–Trinajstić information content (AvgIpc) is 3.39. The van der Waals surface area contributed by atoms with Crippen molar-refractivity contribution in [1.29, 1.82) is 0 Å². The minimum absolute atomic E-state index is 0.00374. The number of carboxylic acid groups (broad SMARTS) is 1. The van der Waals surface area contributed by atoms with E-state index in [4.69, 9.17) is 18.9 Å². The number of carbonyl (C=O) groups excluding carboxylic acids is 1. The van der Waals surface area contributed by atoms with Crippen molar-refractivity contribution >= 4 is 22.2 Å². The fourth-order valence-corrected chi connectivity index (χ4v) is 6.02. The van der Waals surface area contributed by atoms with Gasteiger partial charge in [-0.15, -0.1) is 0 Å². The second-order valence-electron chi connectivity index (χ2n) is 11.8. The number of sulfonamides is 1. The number of benzene rings is 2. The van der Waals surface area contributed by atoms with Crippen LogP contribution >= 0.6 is 0 Å². The van der Waals surface area contributed by atoms with E-state index < -0.39 is 40.0 Å². The van der Waals surface area contributed by atoms with E-state index in [0.717, 1.165) is 4.31 Å². The summed E-state index contributed by atoms with van der Waals surface area (Å²) in [6.07, 6.45) is -2.54. The van der Waals surface area contributed by atoms with E-state index in [2.05, 4.69) is 10.6 Å². The standard InChI is InChI=1S/C30H43N3O10S/c1-20(2)17-33(44(38,39)23-11-12-26-27(16-23)42-19-41-26)18-25(34)24(32-28(35)36)15-21-7-9-22(10-8-21)40-14-6-13-31-29(37)43-30(3,4)5/h7-12,16,20,24-25,32,34H,6,13-15,17-19H2,1-5H3,(H,31,37)(H,35,36)/t24-,25+/m0/s1. The molecule has 0 aromatic heterocycles. The van der Waals surface area contributed by atoms with Gasteiger partial charge in [0.25, 0.3) is 0 Å². The zero-order chi connectivity index (χ0) is 32.5. The van der Waals surface area contributed by atoms with Crippen molar-refractivity contribution in [1.82, 2.24) is 14.9 Å². The highest BCUT2D eigenvalue weighted by atomic mass is 32.2.